The van der Waals surface area contributed by atoms with Crippen LogP contribution in [0, 0.1) is 0 Å². The molecule has 0 atom stereocenters. The second-order valence-electron chi connectivity index (χ2n) is 7.01. The Balaban J connectivity index is 1.66. The molecular formula is C24H27NS. The fourth-order valence-electron chi connectivity index (χ4n) is 3.77. The zero-order chi connectivity index (χ0) is 17.6. The Morgan fingerprint density at radius 1 is 0.615 bits per heavy atom. The van der Waals surface area contributed by atoms with Gasteiger partial charge in [-0.3, -0.25) is 4.90 Å². The summed E-state index contributed by atoms with van der Waals surface area (Å²) in [5.74, 6) is 0. The third-order valence-corrected chi connectivity index (χ3v) is 7.48. The SMILES string of the molecule is c1ccc([SH](c2ccccc2)c2cccc(CN3CCCCC3)c2)cc1. The maximum Gasteiger partial charge on any atom is 0.0234 e. The zero-order valence-electron chi connectivity index (χ0n) is 15.2. The van der Waals surface area contributed by atoms with E-state index in [4.69, 9.17) is 0 Å². The first kappa shape index (κ1) is 17.4. The first-order valence-electron chi connectivity index (χ1n) is 9.62. The van der Waals surface area contributed by atoms with Crippen molar-refractivity contribution in [3.05, 3.63) is 90.5 Å². The maximum atomic E-state index is 2.61. The van der Waals surface area contributed by atoms with Gasteiger partial charge in [0.05, 0.1) is 0 Å². The molecule has 0 unspecified atom stereocenters. The van der Waals surface area contributed by atoms with Gasteiger partial charge in [-0.25, -0.2) is 0 Å². The summed E-state index contributed by atoms with van der Waals surface area (Å²) in [6, 6.07) is 31.2. The van der Waals surface area contributed by atoms with Crippen molar-refractivity contribution in [1.29, 1.82) is 0 Å². The van der Waals surface area contributed by atoms with E-state index in [-0.39, 0.29) is 0 Å². The van der Waals surface area contributed by atoms with E-state index >= 15 is 0 Å². The first-order chi connectivity index (χ1) is 12.9. The van der Waals surface area contributed by atoms with Crippen molar-refractivity contribution in [1.82, 2.24) is 4.90 Å². The molecule has 1 saturated heterocycles. The van der Waals surface area contributed by atoms with E-state index in [9.17, 15) is 0 Å². The molecule has 0 radical (unpaired) electrons. The first-order valence-corrected chi connectivity index (χ1v) is 11.0. The Kier molecular flexibility index (Phi) is 5.73. The summed E-state index contributed by atoms with van der Waals surface area (Å²) in [7, 11) is -0.504. The van der Waals surface area contributed by atoms with Gasteiger partial charge in [-0.2, -0.15) is 10.9 Å². The molecule has 1 aliphatic rings. The van der Waals surface area contributed by atoms with Crippen LogP contribution >= 0.6 is 10.9 Å². The largest absolute Gasteiger partial charge is 0.299 e. The Morgan fingerprint density at radius 3 is 1.81 bits per heavy atom. The minimum atomic E-state index is -0.504. The Labute approximate surface area is 160 Å². The van der Waals surface area contributed by atoms with Crippen molar-refractivity contribution < 1.29 is 0 Å². The molecule has 0 saturated carbocycles. The van der Waals surface area contributed by atoms with Crippen molar-refractivity contribution in [3.8, 4) is 0 Å². The monoisotopic (exact) mass is 361 g/mol. The second kappa shape index (κ2) is 8.57. The lowest BCUT2D eigenvalue weighted by atomic mass is 10.1. The number of benzene rings is 3. The number of nitrogens with zero attached hydrogens (tertiary/aromatic N) is 1. The van der Waals surface area contributed by atoms with Crippen molar-refractivity contribution in [2.24, 2.45) is 0 Å². The number of piperidine rings is 1. The Morgan fingerprint density at radius 2 is 1.19 bits per heavy atom. The molecule has 26 heavy (non-hydrogen) atoms. The van der Waals surface area contributed by atoms with E-state index in [1.54, 1.807) is 0 Å². The van der Waals surface area contributed by atoms with E-state index in [2.05, 4.69) is 89.8 Å². The van der Waals surface area contributed by atoms with E-state index in [1.807, 2.05) is 0 Å². The van der Waals surface area contributed by atoms with Crippen LogP contribution in [0.25, 0.3) is 0 Å². The molecule has 1 heterocycles. The summed E-state index contributed by atoms with van der Waals surface area (Å²) in [5, 5.41) is 0. The van der Waals surface area contributed by atoms with Crippen LogP contribution in [0.15, 0.2) is 99.6 Å². The number of thiol groups is 1. The summed E-state index contributed by atoms with van der Waals surface area (Å²) in [4.78, 5) is 6.90. The Bertz CT molecular complexity index is 770. The van der Waals surface area contributed by atoms with Crippen molar-refractivity contribution in [3.63, 3.8) is 0 Å². The summed E-state index contributed by atoms with van der Waals surface area (Å²) in [5.41, 5.74) is 1.45. The number of hydrogen-bond acceptors (Lipinski definition) is 1. The van der Waals surface area contributed by atoms with Gasteiger partial charge in [0.2, 0.25) is 0 Å². The normalized spacial score (nSPS) is 15.6. The van der Waals surface area contributed by atoms with Gasteiger partial charge in [-0.05, 0) is 82.6 Å². The van der Waals surface area contributed by atoms with Gasteiger partial charge in [0.25, 0.3) is 0 Å². The number of hydrogen-bond donors (Lipinski definition) is 1. The van der Waals surface area contributed by atoms with Crippen LogP contribution in [0.3, 0.4) is 0 Å². The van der Waals surface area contributed by atoms with E-state index < -0.39 is 10.9 Å². The second-order valence-corrected chi connectivity index (χ2v) is 9.23. The van der Waals surface area contributed by atoms with Gasteiger partial charge in [0.1, 0.15) is 0 Å². The molecule has 1 aliphatic heterocycles. The molecule has 1 fully saturated rings. The van der Waals surface area contributed by atoms with Crippen LogP contribution in [0.1, 0.15) is 24.8 Å². The van der Waals surface area contributed by atoms with Crippen LogP contribution in [0.4, 0.5) is 0 Å². The standard InChI is InChI=1S/C24H27NS/c1-4-12-22(13-5-1)26(23-14-6-2-7-15-23)24-16-10-11-21(19-24)20-25-17-8-3-9-18-25/h1-2,4-7,10-16,19,26H,3,8-9,17-18,20H2. The highest BCUT2D eigenvalue weighted by molar-refractivity contribution is 8.17. The highest BCUT2D eigenvalue weighted by Gasteiger charge is 2.14. The minimum Gasteiger partial charge on any atom is -0.299 e. The molecule has 1 nitrogen and oxygen atoms in total. The molecule has 0 aliphatic carbocycles. The van der Waals surface area contributed by atoms with Crippen LogP contribution in [-0.4, -0.2) is 18.0 Å². The molecule has 0 bridgehead atoms. The maximum absolute atomic E-state index is 2.61. The van der Waals surface area contributed by atoms with E-state index in [1.165, 1.54) is 52.6 Å². The van der Waals surface area contributed by atoms with Crippen LogP contribution in [0.2, 0.25) is 0 Å². The predicted octanol–water partition coefficient (Wildman–Crippen LogP) is 6.15. The lowest BCUT2D eigenvalue weighted by molar-refractivity contribution is 0.221. The smallest absolute Gasteiger partial charge is 0.0234 e. The molecule has 134 valence electrons. The van der Waals surface area contributed by atoms with Crippen LogP contribution < -0.4 is 0 Å². The van der Waals surface area contributed by atoms with Crippen LogP contribution in [0.5, 0.6) is 0 Å². The average molecular weight is 362 g/mol. The van der Waals surface area contributed by atoms with Gasteiger partial charge in [-0.1, -0.05) is 55.0 Å². The van der Waals surface area contributed by atoms with Crippen molar-refractivity contribution in [2.75, 3.05) is 13.1 Å². The average Bonchev–Trinajstić information content (AvgIpc) is 2.71. The lowest BCUT2D eigenvalue weighted by Gasteiger charge is -2.27. The highest BCUT2D eigenvalue weighted by atomic mass is 32.2. The number of likely N-dealkylation sites (tertiary alicyclic amines) is 1. The fraction of sp³-hybridized carbons (Fsp3) is 0.250. The summed E-state index contributed by atoms with van der Waals surface area (Å²) < 4.78 is 0. The predicted molar refractivity (Wildman–Crippen MR) is 112 cm³/mol. The molecular weight excluding hydrogens is 334 g/mol. The van der Waals surface area contributed by atoms with Gasteiger partial charge in [-0.15, -0.1) is 0 Å². The molecule has 0 aromatic heterocycles. The highest BCUT2D eigenvalue weighted by Crippen LogP contribution is 2.51. The van der Waals surface area contributed by atoms with Gasteiger partial charge >= 0.3 is 0 Å². The quantitative estimate of drug-likeness (QED) is 0.533. The van der Waals surface area contributed by atoms with Crippen molar-refractivity contribution in [2.45, 2.75) is 40.5 Å². The third-order valence-electron chi connectivity index (χ3n) is 5.05. The minimum absolute atomic E-state index is 0.504. The molecule has 4 rings (SSSR count). The van der Waals surface area contributed by atoms with Gasteiger partial charge in [0.15, 0.2) is 0 Å². The Hall–Kier alpha value is -2.03. The summed E-state index contributed by atoms with van der Waals surface area (Å²) in [6.45, 7) is 3.58. The molecule has 3 aromatic carbocycles. The van der Waals surface area contributed by atoms with Crippen LogP contribution in [-0.2, 0) is 6.54 Å². The molecule has 0 amide bonds. The third kappa shape index (κ3) is 4.20. The van der Waals surface area contributed by atoms with Crippen molar-refractivity contribution >= 4 is 10.9 Å². The molecule has 2 heteroatoms. The molecule has 0 N–H and O–H groups in total. The van der Waals surface area contributed by atoms with Gasteiger partial charge < -0.3 is 0 Å². The molecule has 3 aromatic rings. The topological polar surface area (TPSA) is 3.24 Å². The van der Waals surface area contributed by atoms with E-state index in [0.29, 0.717) is 0 Å². The van der Waals surface area contributed by atoms with E-state index in [0.717, 1.165) is 6.54 Å². The lowest BCUT2D eigenvalue weighted by Crippen LogP contribution is -2.29. The number of rotatable bonds is 5. The molecule has 0 spiro atoms. The van der Waals surface area contributed by atoms with Gasteiger partial charge in [0, 0.05) is 6.54 Å². The zero-order valence-corrected chi connectivity index (χ0v) is 16.1. The fourth-order valence-corrected chi connectivity index (χ4v) is 6.14. The summed E-state index contributed by atoms with van der Waals surface area (Å²) >= 11 is 0. The summed E-state index contributed by atoms with van der Waals surface area (Å²) in [6.07, 6.45) is 4.09.